The Hall–Kier alpha value is -1.51. The normalized spacial score (nSPS) is 11.5. The lowest BCUT2D eigenvalue weighted by Crippen LogP contribution is -1.95. The van der Waals surface area contributed by atoms with Crippen molar-refractivity contribution in [3.05, 3.63) is 29.3 Å². The van der Waals surface area contributed by atoms with Crippen LogP contribution in [0.15, 0.2) is 23.4 Å². The third-order valence-electron chi connectivity index (χ3n) is 1.77. The van der Waals surface area contributed by atoms with Crippen molar-refractivity contribution in [3.8, 4) is 5.75 Å². The minimum absolute atomic E-state index is 0.235. The van der Waals surface area contributed by atoms with E-state index in [2.05, 4.69) is 9.99 Å². The third-order valence-corrected chi connectivity index (χ3v) is 1.77. The minimum Gasteiger partial charge on any atom is -0.507 e. The van der Waals surface area contributed by atoms with Crippen LogP contribution in [0.25, 0.3) is 0 Å². The molecule has 1 aromatic carbocycles. The quantitative estimate of drug-likeness (QED) is 0.557. The van der Waals surface area contributed by atoms with Crippen LogP contribution >= 0.6 is 0 Å². The molecule has 0 atom stereocenters. The van der Waals surface area contributed by atoms with Gasteiger partial charge in [-0.2, -0.15) is 0 Å². The Morgan fingerprint density at radius 2 is 2.15 bits per heavy atom. The molecule has 0 radical (unpaired) electrons. The topological polar surface area (TPSA) is 41.8 Å². The van der Waals surface area contributed by atoms with E-state index in [1.165, 1.54) is 7.11 Å². The summed E-state index contributed by atoms with van der Waals surface area (Å²) in [7, 11) is 1.48. The van der Waals surface area contributed by atoms with Gasteiger partial charge in [0, 0.05) is 5.56 Å². The molecule has 0 aliphatic heterocycles. The average molecular weight is 179 g/mol. The van der Waals surface area contributed by atoms with Gasteiger partial charge in [0.25, 0.3) is 0 Å². The molecule has 70 valence electrons. The van der Waals surface area contributed by atoms with Crippen LogP contribution in [0.1, 0.15) is 18.1 Å². The third kappa shape index (κ3) is 2.21. The monoisotopic (exact) mass is 179 g/mol. The first kappa shape index (κ1) is 9.58. The number of benzene rings is 1. The molecule has 0 spiro atoms. The van der Waals surface area contributed by atoms with Crippen LogP contribution in [0.3, 0.4) is 0 Å². The van der Waals surface area contributed by atoms with E-state index < -0.39 is 0 Å². The first-order chi connectivity index (χ1) is 6.15. The summed E-state index contributed by atoms with van der Waals surface area (Å²) < 4.78 is 0. The number of oxime groups is 1. The van der Waals surface area contributed by atoms with Crippen LogP contribution in [0.5, 0.6) is 5.75 Å². The van der Waals surface area contributed by atoms with Gasteiger partial charge >= 0.3 is 0 Å². The van der Waals surface area contributed by atoms with Crippen LogP contribution in [-0.4, -0.2) is 17.9 Å². The first-order valence-electron chi connectivity index (χ1n) is 4.03. The minimum atomic E-state index is 0.235. The number of hydrogen-bond donors (Lipinski definition) is 1. The summed E-state index contributed by atoms with van der Waals surface area (Å²) in [6, 6.07) is 5.44. The molecule has 13 heavy (non-hydrogen) atoms. The zero-order valence-corrected chi connectivity index (χ0v) is 8.03. The number of rotatable bonds is 2. The number of hydrogen-bond acceptors (Lipinski definition) is 3. The molecule has 0 saturated carbocycles. The lowest BCUT2D eigenvalue weighted by atomic mass is 10.1. The molecule has 0 bridgehead atoms. The van der Waals surface area contributed by atoms with E-state index in [1.54, 1.807) is 13.0 Å². The second-order valence-corrected chi connectivity index (χ2v) is 2.88. The molecule has 0 aliphatic carbocycles. The molecule has 0 heterocycles. The molecule has 3 heteroatoms. The summed E-state index contributed by atoms with van der Waals surface area (Å²) in [5.41, 5.74) is 2.39. The van der Waals surface area contributed by atoms with Crippen LogP contribution < -0.4 is 0 Å². The van der Waals surface area contributed by atoms with Gasteiger partial charge in [-0.05, 0) is 31.5 Å². The van der Waals surface area contributed by atoms with E-state index in [-0.39, 0.29) is 5.75 Å². The maximum absolute atomic E-state index is 9.55. The Bertz CT molecular complexity index is 332. The highest BCUT2D eigenvalue weighted by Crippen LogP contribution is 2.19. The summed E-state index contributed by atoms with van der Waals surface area (Å²) in [4.78, 5) is 4.62. The predicted molar refractivity (Wildman–Crippen MR) is 52.1 cm³/mol. The van der Waals surface area contributed by atoms with Crippen molar-refractivity contribution >= 4 is 5.71 Å². The summed E-state index contributed by atoms with van der Waals surface area (Å²) in [5.74, 6) is 0.235. The average Bonchev–Trinajstić information content (AvgIpc) is 2.04. The van der Waals surface area contributed by atoms with Crippen LogP contribution in [-0.2, 0) is 4.84 Å². The predicted octanol–water partition coefficient (Wildman–Crippen LogP) is 2.07. The molecule has 0 aromatic heterocycles. The van der Waals surface area contributed by atoms with E-state index >= 15 is 0 Å². The Balaban J connectivity index is 3.09. The fourth-order valence-electron chi connectivity index (χ4n) is 1.13. The Morgan fingerprint density at radius 1 is 1.46 bits per heavy atom. The molecule has 0 fully saturated rings. The smallest absolute Gasteiger partial charge is 0.125 e. The van der Waals surface area contributed by atoms with Gasteiger partial charge in [0.05, 0.1) is 5.71 Å². The Labute approximate surface area is 77.6 Å². The van der Waals surface area contributed by atoms with Gasteiger partial charge < -0.3 is 9.94 Å². The molecule has 0 amide bonds. The molecule has 1 N–H and O–H groups in total. The highest BCUT2D eigenvalue weighted by molar-refractivity contribution is 6.00. The molecule has 3 nitrogen and oxygen atoms in total. The Kier molecular flexibility index (Phi) is 2.90. The molecular weight excluding hydrogens is 166 g/mol. The fourth-order valence-corrected chi connectivity index (χ4v) is 1.13. The second kappa shape index (κ2) is 3.94. The van der Waals surface area contributed by atoms with Crippen molar-refractivity contribution in [3.63, 3.8) is 0 Å². The maximum atomic E-state index is 9.55. The highest BCUT2D eigenvalue weighted by atomic mass is 16.6. The van der Waals surface area contributed by atoms with E-state index in [0.717, 1.165) is 5.56 Å². The van der Waals surface area contributed by atoms with Crippen molar-refractivity contribution in [2.45, 2.75) is 13.8 Å². The molecular formula is C10H13NO2. The standard InChI is InChI=1S/C10H13NO2/c1-7-4-5-9(10(12)6-7)8(2)11-13-3/h4-6,12H,1-3H3/b11-8-. The lowest BCUT2D eigenvalue weighted by Gasteiger charge is -2.03. The van der Waals surface area contributed by atoms with Gasteiger partial charge in [0.1, 0.15) is 12.9 Å². The van der Waals surface area contributed by atoms with Crippen molar-refractivity contribution in [1.29, 1.82) is 0 Å². The van der Waals surface area contributed by atoms with Crippen LogP contribution in [0.2, 0.25) is 0 Å². The van der Waals surface area contributed by atoms with Gasteiger partial charge in [-0.15, -0.1) is 0 Å². The summed E-state index contributed by atoms with van der Waals surface area (Å²) in [5, 5.41) is 13.3. The fraction of sp³-hybridized carbons (Fsp3) is 0.300. The van der Waals surface area contributed by atoms with Gasteiger partial charge in [-0.1, -0.05) is 11.2 Å². The number of phenols is 1. The van der Waals surface area contributed by atoms with Gasteiger partial charge in [-0.25, -0.2) is 0 Å². The number of aromatic hydroxyl groups is 1. The zero-order chi connectivity index (χ0) is 9.84. The number of aryl methyl sites for hydroxylation is 1. The van der Waals surface area contributed by atoms with Gasteiger partial charge in [-0.3, -0.25) is 0 Å². The highest BCUT2D eigenvalue weighted by Gasteiger charge is 2.04. The first-order valence-corrected chi connectivity index (χ1v) is 4.03. The SMILES string of the molecule is CO/N=C(/C)c1ccc(C)cc1O. The van der Waals surface area contributed by atoms with Crippen LogP contribution in [0, 0.1) is 6.92 Å². The van der Waals surface area contributed by atoms with E-state index in [1.807, 2.05) is 19.1 Å². The van der Waals surface area contributed by atoms with E-state index in [0.29, 0.717) is 11.3 Å². The molecule has 1 aromatic rings. The lowest BCUT2D eigenvalue weighted by molar-refractivity contribution is 0.213. The van der Waals surface area contributed by atoms with Crippen molar-refractivity contribution < 1.29 is 9.94 Å². The number of phenolic OH excluding ortho intramolecular Hbond substituents is 1. The van der Waals surface area contributed by atoms with Crippen LogP contribution in [0.4, 0.5) is 0 Å². The summed E-state index contributed by atoms with van der Waals surface area (Å²) in [6.07, 6.45) is 0. The molecule has 0 saturated heterocycles. The molecule has 0 unspecified atom stereocenters. The van der Waals surface area contributed by atoms with Crippen molar-refractivity contribution in [1.82, 2.24) is 0 Å². The van der Waals surface area contributed by atoms with E-state index in [4.69, 9.17) is 0 Å². The number of nitrogens with zero attached hydrogens (tertiary/aromatic N) is 1. The van der Waals surface area contributed by atoms with E-state index in [9.17, 15) is 5.11 Å². The second-order valence-electron chi connectivity index (χ2n) is 2.88. The Morgan fingerprint density at radius 3 is 2.69 bits per heavy atom. The largest absolute Gasteiger partial charge is 0.507 e. The molecule has 1 rings (SSSR count). The summed E-state index contributed by atoms with van der Waals surface area (Å²) >= 11 is 0. The van der Waals surface area contributed by atoms with Gasteiger partial charge in [0.2, 0.25) is 0 Å². The maximum Gasteiger partial charge on any atom is 0.125 e. The van der Waals surface area contributed by atoms with Crippen molar-refractivity contribution in [2.75, 3.05) is 7.11 Å². The van der Waals surface area contributed by atoms with Gasteiger partial charge in [0.15, 0.2) is 0 Å². The van der Waals surface area contributed by atoms with Crippen molar-refractivity contribution in [2.24, 2.45) is 5.16 Å². The molecule has 0 aliphatic rings. The summed E-state index contributed by atoms with van der Waals surface area (Å²) in [6.45, 7) is 3.71. The zero-order valence-electron chi connectivity index (χ0n) is 8.03.